The molecule has 0 bridgehead atoms. The van der Waals surface area contributed by atoms with Crippen molar-refractivity contribution in [2.45, 2.75) is 20.3 Å². The lowest BCUT2D eigenvalue weighted by atomic mass is 10.0. The van der Waals surface area contributed by atoms with Gasteiger partial charge in [0.25, 0.3) is 0 Å². The summed E-state index contributed by atoms with van der Waals surface area (Å²) < 4.78 is 1.04. The molecule has 0 aliphatic rings. The van der Waals surface area contributed by atoms with Crippen LogP contribution in [0.1, 0.15) is 34.7 Å². The standard InChI is InChI=1S/C23H23BrN4/c1-5-20-12-23(24)13-22(17(20)3)14-27-28-18(4)21-8-6-7-19(11-21)10-9-16(2)26-15-25/h6-14,26,28H,2,4-5H2,1,3H3/b10-9+,27-14+. The Morgan fingerprint density at radius 3 is 2.79 bits per heavy atom. The molecule has 5 heteroatoms. The quantitative estimate of drug-likeness (QED) is 0.189. The fourth-order valence-corrected chi connectivity index (χ4v) is 3.17. The number of allylic oxidation sites excluding steroid dienone is 1. The molecular weight excluding hydrogens is 412 g/mol. The molecule has 2 rings (SSSR count). The van der Waals surface area contributed by atoms with E-state index in [-0.39, 0.29) is 0 Å². The first-order valence-electron chi connectivity index (χ1n) is 8.84. The number of benzene rings is 2. The van der Waals surface area contributed by atoms with Gasteiger partial charge in [0, 0.05) is 10.2 Å². The second-order valence-corrected chi connectivity index (χ2v) is 7.12. The summed E-state index contributed by atoms with van der Waals surface area (Å²) in [7, 11) is 0. The van der Waals surface area contributed by atoms with Crippen LogP contribution in [-0.4, -0.2) is 6.21 Å². The van der Waals surface area contributed by atoms with E-state index in [1.54, 1.807) is 6.08 Å². The molecule has 0 aliphatic carbocycles. The summed E-state index contributed by atoms with van der Waals surface area (Å²) in [5, 5.41) is 15.4. The Balaban J connectivity index is 2.09. The van der Waals surface area contributed by atoms with Crippen molar-refractivity contribution in [3.05, 3.63) is 93.6 Å². The van der Waals surface area contributed by atoms with Crippen LogP contribution in [-0.2, 0) is 6.42 Å². The number of hydrogen-bond acceptors (Lipinski definition) is 4. The molecule has 0 unspecified atom stereocenters. The molecule has 0 aromatic heterocycles. The third-order valence-corrected chi connectivity index (χ3v) is 4.69. The molecule has 0 heterocycles. The lowest BCUT2D eigenvalue weighted by Gasteiger charge is -2.09. The average Bonchev–Trinajstić information content (AvgIpc) is 2.69. The number of nitrogens with one attached hydrogen (secondary N) is 2. The summed E-state index contributed by atoms with van der Waals surface area (Å²) in [5.74, 6) is 0. The molecule has 0 amide bonds. The maximum Gasteiger partial charge on any atom is 0.181 e. The fourth-order valence-electron chi connectivity index (χ4n) is 2.64. The van der Waals surface area contributed by atoms with Gasteiger partial charge in [-0.1, -0.05) is 60.3 Å². The van der Waals surface area contributed by atoms with Crippen LogP contribution in [0.4, 0.5) is 0 Å². The smallest absolute Gasteiger partial charge is 0.181 e. The van der Waals surface area contributed by atoms with Crippen LogP contribution < -0.4 is 10.7 Å². The van der Waals surface area contributed by atoms with Crippen LogP contribution in [0.5, 0.6) is 0 Å². The molecule has 0 saturated carbocycles. The molecule has 0 fully saturated rings. The van der Waals surface area contributed by atoms with Crippen molar-refractivity contribution in [1.29, 1.82) is 5.26 Å². The number of rotatable bonds is 8. The Morgan fingerprint density at radius 1 is 1.29 bits per heavy atom. The summed E-state index contributed by atoms with van der Waals surface area (Å²) in [6.07, 6.45) is 8.25. The minimum Gasteiger partial charge on any atom is -0.293 e. The first kappa shape index (κ1) is 21.2. The first-order chi connectivity index (χ1) is 13.4. The predicted octanol–water partition coefficient (Wildman–Crippen LogP) is 5.51. The van der Waals surface area contributed by atoms with Crippen molar-refractivity contribution in [1.82, 2.24) is 10.7 Å². The Morgan fingerprint density at radius 2 is 2.07 bits per heavy atom. The largest absolute Gasteiger partial charge is 0.293 e. The van der Waals surface area contributed by atoms with E-state index in [1.807, 2.05) is 42.7 Å². The molecule has 2 aromatic carbocycles. The monoisotopic (exact) mass is 434 g/mol. The molecule has 142 valence electrons. The summed E-state index contributed by atoms with van der Waals surface area (Å²) in [5.41, 5.74) is 9.72. The molecule has 28 heavy (non-hydrogen) atoms. The number of hydrogen-bond donors (Lipinski definition) is 2. The van der Waals surface area contributed by atoms with Gasteiger partial charge in [-0.15, -0.1) is 0 Å². The van der Waals surface area contributed by atoms with E-state index in [0.29, 0.717) is 11.4 Å². The molecule has 4 nitrogen and oxygen atoms in total. The van der Waals surface area contributed by atoms with Gasteiger partial charge in [-0.25, -0.2) is 0 Å². The second-order valence-electron chi connectivity index (χ2n) is 6.20. The summed E-state index contributed by atoms with van der Waals surface area (Å²) in [4.78, 5) is 0. The number of hydrazone groups is 1. The number of aryl methyl sites for hydroxylation is 1. The number of nitriles is 1. The van der Waals surface area contributed by atoms with Gasteiger partial charge < -0.3 is 0 Å². The van der Waals surface area contributed by atoms with E-state index in [9.17, 15) is 0 Å². The number of halogens is 1. The highest BCUT2D eigenvalue weighted by molar-refractivity contribution is 9.10. The van der Waals surface area contributed by atoms with Gasteiger partial charge in [-0.2, -0.15) is 10.4 Å². The molecule has 0 spiro atoms. The Labute approximate surface area is 175 Å². The normalized spacial score (nSPS) is 10.8. The third kappa shape index (κ3) is 5.97. The summed E-state index contributed by atoms with van der Waals surface area (Å²) in [6.45, 7) is 12.0. The highest BCUT2D eigenvalue weighted by Gasteiger charge is 2.04. The third-order valence-electron chi connectivity index (χ3n) is 4.23. The van der Waals surface area contributed by atoms with Crippen LogP contribution in [0.3, 0.4) is 0 Å². The topological polar surface area (TPSA) is 60.2 Å². The molecular formula is C23H23BrN4. The minimum absolute atomic E-state index is 0.533. The minimum atomic E-state index is 0.533. The van der Waals surface area contributed by atoms with Gasteiger partial charge in [0.2, 0.25) is 0 Å². The summed E-state index contributed by atoms with van der Waals surface area (Å²) >= 11 is 3.55. The Bertz CT molecular complexity index is 981. The zero-order valence-electron chi connectivity index (χ0n) is 16.1. The van der Waals surface area contributed by atoms with Crippen molar-refractivity contribution >= 4 is 33.9 Å². The van der Waals surface area contributed by atoms with Crippen molar-refractivity contribution in [2.75, 3.05) is 0 Å². The van der Waals surface area contributed by atoms with E-state index in [2.05, 4.69) is 70.9 Å². The van der Waals surface area contributed by atoms with Gasteiger partial charge in [0.15, 0.2) is 6.19 Å². The van der Waals surface area contributed by atoms with Gasteiger partial charge in [0.1, 0.15) is 0 Å². The molecule has 0 saturated heterocycles. The first-order valence-corrected chi connectivity index (χ1v) is 9.63. The van der Waals surface area contributed by atoms with Crippen LogP contribution in [0.2, 0.25) is 0 Å². The van der Waals surface area contributed by atoms with Gasteiger partial charge in [0.05, 0.1) is 11.9 Å². The molecule has 2 N–H and O–H groups in total. The maximum absolute atomic E-state index is 8.59. The van der Waals surface area contributed by atoms with Crippen molar-refractivity contribution < 1.29 is 0 Å². The van der Waals surface area contributed by atoms with Crippen LogP contribution in [0, 0.1) is 18.4 Å². The second kappa shape index (κ2) is 10.3. The molecule has 0 radical (unpaired) electrons. The zero-order valence-corrected chi connectivity index (χ0v) is 17.7. The highest BCUT2D eigenvalue weighted by atomic mass is 79.9. The van der Waals surface area contributed by atoms with E-state index < -0.39 is 0 Å². The van der Waals surface area contributed by atoms with E-state index in [4.69, 9.17) is 5.26 Å². The average molecular weight is 435 g/mol. The SMILES string of the molecule is C=C(/C=C/c1cccc(C(=C)N/N=C/c2cc(Br)cc(CC)c2C)c1)NC#N. The van der Waals surface area contributed by atoms with Gasteiger partial charge in [-0.3, -0.25) is 10.7 Å². The molecule has 0 atom stereocenters. The van der Waals surface area contributed by atoms with E-state index in [1.165, 1.54) is 11.1 Å². The molecule has 0 aliphatic heterocycles. The summed E-state index contributed by atoms with van der Waals surface area (Å²) in [6, 6.07) is 12.0. The van der Waals surface area contributed by atoms with Crippen molar-refractivity contribution in [2.24, 2.45) is 5.10 Å². The van der Waals surface area contributed by atoms with Crippen molar-refractivity contribution in [3.8, 4) is 6.19 Å². The number of nitrogens with zero attached hydrogens (tertiary/aromatic N) is 2. The predicted molar refractivity (Wildman–Crippen MR) is 121 cm³/mol. The van der Waals surface area contributed by atoms with Crippen LogP contribution in [0.15, 0.2) is 70.9 Å². The van der Waals surface area contributed by atoms with Gasteiger partial charge in [-0.05, 0) is 65.4 Å². The molecule has 2 aromatic rings. The van der Waals surface area contributed by atoms with E-state index in [0.717, 1.165) is 27.6 Å². The maximum atomic E-state index is 8.59. The Kier molecular flexibility index (Phi) is 7.79. The van der Waals surface area contributed by atoms with Crippen LogP contribution >= 0.6 is 15.9 Å². The van der Waals surface area contributed by atoms with Crippen LogP contribution in [0.25, 0.3) is 11.8 Å². The fraction of sp³-hybridized carbons (Fsp3) is 0.130. The Hall–Kier alpha value is -3.10. The van der Waals surface area contributed by atoms with Gasteiger partial charge >= 0.3 is 0 Å². The lowest BCUT2D eigenvalue weighted by molar-refractivity contribution is 1.00. The zero-order chi connectivity index (χ0) is 20.5. The van der Waals surface area contributed by atoms with E-state index >= 15 is 0 Å². The van der Waals surface area contributed by atoms with Crippen molar-refractivity contribution in [3.63, 3.8) is 0 Å². The lowest BCUT2D eigenvalue weighted by Crippen LogP contribution is -2.04. The highest BCUT2D eigenvalue weighted by Crippen LogP contribution is 2.20.